The van der Waals surface area contributed by atoms with Crippen molar-refractivity contribution >= 4 is 10.0 Å². The average Bonchev–Trinajstić information content (AvgIpc) is 2.68. The normalized spacial score (nSPS) is 21.3. The minimum atomic E-state index is -4.37. The smallest absolute Gasteiger partial charge is 0.380 e. The van der Waals surface area contributed by atoms with Gasteiger partial charge in [0.1, 0.15) is 0 Å². The van der Waals surface area contributed by atoms with E-state index in [1.807, 2.05) is 6.92 Å². The lowest BCUT2D eigenvalue weighted by Gasteiger charge is -2.40. The minimum absolute atomic E-state index is 0.0859. The molecule has 0 unspecified atom stereocenters. The first-order valence-corrected chi connectivity index (χ1v) is 10.8. The van der Waals surface area contributed by atoms with E-state index in [4.69, 9.17) is 4.74 Å². The number of aryl methyl sites for hydroxylation is 1. The lowest BCUT2D eigenvalue weighted by molar-refractivity contribution is -0.187. The topological polar surface area (TPSA) is 46.6 Å². The molecule has 2 aromatic carbocycles. The molecule has 158 valence electrons. The number of alkyl halides is 3. The van der Waals surface area contributed by atoms with Gasteiger partial charge in [-0.15, -0.1) is 0 Å². The third-order valence-electron chi connectivity index (χ3n) is 5.36. The fourth-order valence-corrected chi connectivity index (χ4v) is 5.43. The van der Waals surface area contributed by atoms with Crippen molar-refractivity contribution < 1.29 is 26.3 Å². The standard InChI is InChI=1S/C21H24F3NO3S/c1-15-7-9-18(10-8-15)29(26,27)25-12-11-17(21(22,23)24)13-20(25)19-6-4-3-5-16(19)14-28-2/h3-10,17,20H,11-14H2,1-2H3/t17-,20+/m1/s1. The van der Waals surface area contributed by atoms with Crippen LogP contribution >= 0.6 is 0 Å². The van der Waals surface area contributed by atoms with Crippen LogP contribution in [0.4, 0.5) is 13.2 Å². The Bertz CT molecular complexity index is 942. The molecule has 2 atom stereocenters. The molecule has 0 amide bonds. The van der Waals surface area contributed by atoms with Crippen LogP contribution in [0.1, 0.15) is 35.6 Å². The molecule has 0 spiro atoms. The van der Waals surface area contributed by atoms with Gasteiger partial charge in [0.15, 0.2) is 0 Å². The van der Waals surface area contributed by atoms with Crippen molar-refractivity contribution in [1.29, 1.82) is 0 Å². The Labute approximate surface area is 169 Å². The van der Waals surface area contributed by atoms with Crippen molar-refractivity contribution in [3.8, 4) is 0 Å². The second kappa shape index (κ2) is 8.45. The van der Waals surface area contributed by atoms with Gasteiger partial charge in [0.2, 0.25) is 10.0 Å². The number of piperidine rings is 1. The zero-order valence-electron chi connectivity index (χ0n) is 16.3. The van der Waals surface area contributed by atoms with Gasteiger partial charge >= 0.3 is 6.18 Å². The maximum absolute atomic E-state index is 13.5. The third-order valence-corrected chi connectivity index (χ3v) is 7.28. The maximum Gasteiger partial charge on any atom is 0.391 e. The van der Waals surface area contributed by atoms with Crippen molar-refractivity contribution in [1.82, 2.24) is 4.31 Å². The number of hydrogen-bond donors (Lipinski definition) is 0. The molecule has 1 heterocycles. The number of rotatable bonds is 5. The Hall–Kier alpha value is -1.90. The molecule has 1 aliphatic rings. The van der Waals surface area contributed by atoms with Gasteiger partial charge in [-0.2, -0.15) is 17.5 Å². The van der Waals surface area contributed by atoms with E-state index in [-0.39, 0.29) is 30.9 Å². The van der Waals surface area contributed by atoms with E-state index >= 15 is 0 Å². The van der Waals surface area contributed by atoms with E-state index in [2.05, 4.69) is 0 Å². The Morgan fingerprint density at radius 3 is 2.38 bits per heavy atom. The van der Waals surface area contributed by atoms with Crippen LogP contribution in [0, 0.1) is 12.8 Å². The van der Waals surface area contributed by atoms with E-state index in [9.17, 15) is 21.6 Å². The van der Waals surface area contributed by atoms with Crippen molar-refractivity contribution in [2.75, 3.05) is 13.7 Å². The average molecular weight is 427 g/mol. The summed E-state index contributed by atoms with van der Waals surface area (Å²) in [7, 11) is -2.45. The Balaban J connectivity index is 2.06. The molecule has 4 nitrogen and oxygen atoms in total. The zero-order chi connectivity index (χ0) is 21.2. The van der Waals surface area contributed by atoms with Crippen molar-refractivity contribution in [2.45, 2.75) is 43.5 Å². The molecule has 0 N–H and O–H groups in total. The van der Waals surface area contributed by atoms with Crippen LogP contribution in [0.3, 0.4) is 0 Å². The van der Waals surface area contributed by atoms with Gasteiger partial charge in [-0.3, -0.25) is 0 Å². The van der Waals surface area contributed by atoms with Crippen LogP contribution < -0.4 is 0 Å². The van der Waals surface area contributed by atoms with Crippen LogP contribution in [-0.4, -0.2) is 32.6 Å². The highest BCUT2D eigenvalue weighted by Crippen LogP contribution is 2.44. The monoisotopic (exact) mass is 427 g/mol. The summed E-state index contributed by atoms with van der Waals surface area (Å²) in [6.45, 7) is 1.85. The molecule has 1 aliphatic heterocycles. The summed E-state index contributed by atoms with van der Waals surface area (Å²) in [6, 6.07) is 12.4. The molecule has 1 saturated heterocycles. The number of sulfonamides is 1. The Kier molecular flexibility index (Phi) is 6.36. The number of methoxy groups -OCH3 is 1. The zero-order valence-corrected chi connectivity index (χ0v) is 17.1. The molecule has 0 bridgehead atoms. The number of halogens is 3. The summed E-state index contributed by atoms with van der Waals surface area (Å²) in [6.07, 6.45) is -4.93. The van der Waals surface area contributed by atoms with Crippen LogP contribution in [0.2, 0.25) is 0 Å². The second-order valence-corrected chi connectivity index (χ2v) is 9.23. The van der Waals surface area contributed by atoms with E-state index in [1.165, 1.54) is 23.5 Å². The predicted molar refractivity (Wildman–Crippen MR) is 104 cm³/mol. The lowest BCUT2D eigenvalue weighted by Crippen LogP contribution is -2.44. The van der Waals surface area contributed by atoms with E-state index in [1.54, 1.807) is 36.4 Å². The van der Waals surface area contributed by atoms with E-state index < -0.39 is 28.2 Å². The van der Waals surface area contributed by atoms with E-state index in [0.717, 1.165) is 5.56 Å². The number of benzene rings is 2. The summed E-state index contributed by atoms with van der Waals surface area (Å²) in [4.78, 5) is 0.0859. The van der Waals surface area contributed by atoms with Crippen molar-refractivity contribution in [3.05, 3.63) is 65.2 Å². The molecule has 1 fully saturated rings. The highest BCUT2D eigenvalue weighted by Gasteiger charge is 2.47. The fraction of sp³-hybridized carbons (Fsp3) is 0.429. The maximum atomic E-state index is 13.5. The molecular weight excluding hydrogens is 403 g/mol. The molecule has 0 aromatic heterocycles. The van der Waals surface area contributed by atoms with E-state index in [0.29, 0.717) is 11.1 Å². The summed E-state index contributed by atoms with van der Waals surface area (Å²) < 4.78 is 73.5. The fourth-order valence-electron chi connectivity index (χ4n) is 3.80. The summed E-state index contributed by atoms with van der Waals surface area (Å²) in [5.41, 5.74) is 2.15. The summed E-state index contributed by atoms with van der Waals surface area (Å²) >= 11 is 0. The minimum Gasteiger partial charge on any atom is -0.380 e. The molecule has 8 heteroatoms. The highest BCUT2D eigenvalue weighted by atomic mass is 32.2. The van der Waals surface area contributed by atoms with Crippen LogP contribution in [0.15, 0.2) is 53.4 Å². The second-order valence-electron chi connectivity index (χ2n) is 7.34. The lowest BCUT2D eigenvalue weighted by atomic mass is 9.86. The molecule has 0 aliphatic carbocycles. The van der Waals surface area contributed by atoms with Gasteiger partial charge in [-0.25, -0.2) is 8.42 Å². The largest absolute Gasteiger partial charge is 0.391 e. The molecule has 29 heavy (non-hydrogen) atoms. The first-order chi connectivity index (χ1) is 13.6. The number of ether oxygens (including phenoxy) is 1. The van der Waals surface area contributed by atoms with Gasteiger partial charge in [-0.1, -0.05) is 42.0 Å². The molecule has 2 aromatic rings. The van der Waals surface area contributed by atoms with Crippen LogP contribution in [0.25, 0.3) is 0 Å². The molecule has 3 rings (SSSR count). The Morgan fingerprint density at radius 1 is 1.10 bits per heavy atom. The SMILES string of the molecule is COCc1ccccc1[C@@H]1C[C@H](C(F)(F)F)CCN1S(=O)(=O)c1ccc(C)cc1. The molecule has 0 radical (unpaired) electrons. The summed E-state index contributed by atoms with van der Waals surface area (Å²) in [5, 5.41) is 0. The molecular formula is C21H24F3NO3S. The highest BCUT2D eigenvalue weighted by molar-refractivity contribution is 7.89. The first-order valence-electron chi connectivity index (χ1n) is 9.36. The van der Waals surface area contributed by atoms with Gasteiger partial charge in [0.05, 0.1) is 23.5 Å². The quantitative estimate of drug-likeness (QED) is 0.686. The van der Waals surface area contributed by atoms with Crippen LogP contribution in [0.5, 0.6) is 0 Å². The predicted octanol–water partition coefficient (Wildman–Crippen LogP) is 4.85. The number of hydrogen-bond acceptors (Lipinski definition) is 3. The van der Waals surface area contributed by atoms with Crippen LogP contribution in [-0.2, 0) is 21.4 Å². The first kappa shape index (κ1) is 21.8. The van der Waals surface area contributed by atoms with Gasteiger partial charge in [0.25, 0.3) is 0 Å². The third kappa shape index (κ3) is 4.65. The van der Waals surface area contributed by atoms with Gasteiger partial charge in [-0.05, 0) is 43.0 Å². The van der Waals surface area contributed by atoms with Gasteiger partial charge in [0, 0.05) is 13.7 Å². The summed E-state index contributed by atoms with van der Waals surface area (Å²) in [5.74, 6) is -1.55. The van der Waals surface area contributed by atoms with Gasteiger partial charge < -0.3 is 4.74 Å². The Morgan fingerprint density at radius 2 is 1.76 bits per heavy atom. The van der Waals surface area contributed by atoms with Crippen molar-refractivity contribution in [3.63, 3.8) is 0 Å². The number of nitrogens with zero attached hydrogens (tertiary/aromatic N) is 1. The molecule has 0 saturated carbocycles. The van der Waals surface area contributed by atoms with Crippen molar-refractivity contribution in [2.24, 2.45) is 5.92 Å².